The zero-order valence-corrected chi connectivity index (χ0v) is 18.9. The van der Waals surface area contributed by atoms with Crippen LogP contribution >= 0.6 is 0 Å². The first-order chi connectivity index (χ1) is 16.2. The predicted octanol–water partition coefficient (Wildman–Crippen LogP) is 4.71. The van der Waals surface area contributed by atoms with Gasteiger partial charge in [0.1, 0.15) is 19.0 Å². The molecule has 0 saturated carbocycles. The summed E-state index contributed by atoms with van der Waals surface area (Å²) in [6.07, 6.45) is 2.85. The van der Waals surface area contributed by atoms with Crippen LogP contribution < -0.4 is 4.74 Å². The molecule has 2 aliphatic heterocycles. The molecule has 1 fully saturated rings. The van der Waals surface area contributed by atoms with Gasteiger partial charge in [-0.05, 0) is 36.1 Å². The lowest BCUT2D eigenvalue weighted by molar-refractivity contribution is -0.129. The molecule has 2 aromatic rings. The van der Waals surface area contributed by atoms with Gasteiger partial charge in [0, 0.05) is 18.8 Å². The Bertz CT molecular complexity index is 974. The number of rotatable bonds is 10. The molecule has 0 unspecified atom stereocenters. The number of cyclic esters (lactones) is 1. The fourth-order valence-corrected chi connectivity index (χ4v) is 4.20. The highest BCUT2D eigenvalue weighted by Crippen LogP contribution is 2.30. The standard InChI is InChI=1S/C26H30N2O5/c1-2-3-14-31-22-11-9-20(10-12-22)23(24-13-15-33-27-24)17-25(29)28-21(18-32-26(28)30)16-19-7-5-4-6-8-19/h4-12,21,23H,2-3,13-18H2,1H3/t21-,23-/m0/s1. The van der Waals surface area contributed by atoms with Crippen molar-refractivity contribution in [3.8, 4) is 5.75 Å². The van der Waals surface area contributed by atoms with Gasteiger partial charge in [-0.2, -0.15) is 0 Å². The van der Waals surface area contributed by atoms with E-state index in [1.807, 2.05) is 54.6 Å². The summed E-state index contributed by atoms with van der Waals surface area (Å²) in [5.74, 6) is 0.268. The van der Waals surface area contributed by atoms with Crippen molar-refractivity contribution in [3.05, 3.63) is 65.7 Å². The maximum atomic E-state index is 13.3. The van der Waals surface area contributed by atoms with Crippen LogP contribution in [0.1, 0.15) is 49.7 Å². The summed E-state index contributed by atoms with van der Waals surface area (Å²) in [4.78, 5) is 32.3. The second kappa shape index (κ2) is 11.0. The minimum Gasteiger partial charge on any atom is -0.494 e. The minimum atomic E-state index is -0.580. The third-order valence-electron chi connectivity index (χ3n) is 6.01. The van der Waals surface area contributed by atoms with E-state index in [1.54, 1.807) is 0 Å². The molecular weight excluding hydrogens is 420 g/mol. The van der Waals surface area contributed by atoms with E-state index < -0.39 is 6.09 Å². The van der Waals surface area contributed by atoms with Crippen LogP contribution in [-0.2, 0) is 20.8 Å². The lowest BCUT2D eigenvalue weighted by Crippen LogP contribution is -2.41. The molecular formula is C26H30N2O5. The quantitative estimate of drug-likeness (QED) is 0.490. The zero-order valence-electron chi connectivity index (χ0n) is 18.9. The maximum Gasteiger partial charge on any atom is 0.416 e. The van der Waals surface area contributed by atoms with Crippen molar-refractivity contribution < 1.29 is 23.9 Å². The number of oxime groups is 1. The SMILES string of the molecule is CCCCOc1ccc([C@H](CC(=O)N2C(=O)OC[C@@H]2Cc2ccccc2)C2=NOCC2)cc1. The third kappa shape index (κ3) is 5.72. The van der Waals surface area contributed by atoms with Gasteiger partial charge >= 0.3 is 6.09 Å². The fraction of sp³-hybridized carbons (Fsp3) is 0.423. The molecule has 0 spiro atoms. The van der Waals surface area contributed by atoms with E-state index in [0.29, 0.717) is 26.1 Å². The van der Waals surface area contributed by atoms with Gasteiger partial charge in [-0.25, -0.2) is 9.69 Å². The highest BCUT2D eigenvalue weighted by molar-refractivity contribution is 5.99. The van der Waals surface area contributed by atoms with E-state index in [2.05, 4.69) is 12.1 Å². The number of amides is 2. The fourth-order valence-electron chi connectivity index (χ4n) is 4.20. The molecule has 2 amide bonds. The second-order valence-corrected chi connectivity index (χ2v) is 8.38. The molecule has 2 aliphatic rings. The van der Waals surface area contributed by atoms with Gasteiger partial charge in [0.2, 0.25) is 5.91 Å². The van der Waals surface area contributed by atoms with E-state index in [-0.39, 0.29) is 30.9 Å². The first-order valence-corrected chi connectivity index (χ1v) is 11.6. The molecule has 4 rings (SSSR count). The van der Waals surface area contributed by atoms with Crippen molar-refractivity contribution >= 4 is 17.7 Å². The Kier molecular flexibility index (Phi) is 7.60. The lowest BCUT2D eigenvalue weighted by Gasteiger charge is -2.23. The number of unbranched alkanes of at least 4 members (excludes halogenated alkanes) is 1. The number of imide groups is 1. The van der Waals surface area contributed by atoms with E-state index in [9.17, 15) is 9.59 Å². The van der Waals surface area contributed by atoms with Crippen molar-refractivity contribution in [2.45, 2.75) is 51.0 Å². The molecule has 2 atom stereocenters. The average Bonchev–Trinajstić information content (AvgIpc) is 3.49. The van der Waals surface area contributed by atoms with E-state index in [4.69, 9.17) is 14.3 Å². The number of carbonyl (C=O) groups excluding carboxylic acids is 2. The summed E-state index contributed by atoms with van der Waals surface area (Å²) < 4.78 is 11.0. The molecule has 2 aromatic carbocycles. The van der Waals surface area contributed by atoms with Gasteiger partial charge in [-0.3, -0.25) is 4.79 Å². The molecule has 33 heavy (non-hydrogen) atoms. The topological polar surface area (TPSA) is 77.4 Å². The number of ether oxygens (including phenoxy) is 2. The van der Waals surface area contributed by atoms with Gasteiger partial charge in [0.05, 0.1) is 18.4 Å². The summed E-state index contributed by atoms with van der Waals surface area (Å²) in [5.41, 5.74) is 2.82. The monoisotopic (exact) mass is 450 g/mol. The van der Waals surface area contributed by atoms with Crippen molar-refractivity contribution in [1.82, 2.24) is 4.90 Å². The van der Waals surface area contributed by atoms with Crippen molar-refractivity contribution in [2.24, 2.45) is 5.16 Å². The van der Waals surface area contributed by atoms with E-state index >= 15 is 0 Å². The van der Waals surface area contributed by atoms with Gasteiger partial charge < -0.3 is 14.3 Å². The van der Waals surface area contributed by atoms with Gasteiger partial charge in [0.25, 0.3) is 0 Å². The van der Waals surface area contributed by atoms with E-state index in [1.165, 1.54) is 4.90 Å². The molecule has 1 saturated heterocycles. The zero-order chi connectivity index (χ0) is 23.0. The molecule has 0 aromatic heterocycles. The average molecular weight is 451 g/mol. The molecule has 0 N–H and O–H groups in total. The van der Waals surface area contributed by atoms with Gasteiger partial charge in [-0.15, -0.1) is 0 Å². The summed E-state index contributed by atoms with van der Waals surface area (Å²) in [7, 11) is 0. The Morgan fingerprint density at radius 1 is 1.18 bits per heavy atom. The van der Waals surface area contributed by atoms with Crippen LogP contribution in [0.5, 0.6) is 5.75 Å². The maximum absolute atomic E-state index is 13.3. The van der Waals surface area contributed by atoms with Gasteiger partial charge in [0.15, 0.2) is 0 Å². The highest BCUT2D eigenvalue weighted by atomic mass is 16.6. The summed E-state index contributed by atoms with van der Waals surface area (Å²) in [5, 5.41) is 4.18. The summed E-state index contributed by atoms with van der Waals surface area (Å²) >= 11 is 0. The molecule has 7 nitrogen and oxygen atoms in total. The van der Waals surface area contributed by atoms with Crippen LogP contribution in [0.25, 0.3) is 0 Å². The highest BCUT2D eigenvalue weighted by Gasteiger charge is 2.39. The Morgan fingerprint density at radius 3 is 2.67 bits per heavy atom. The van der Waals surface area contributed by atoms with Crippen molar-refractivity contribution in [3.63, 3.8) is 0 Å². The molecule has 0 radical (unpaired) electrons. The number of nitrogens with zero attached hydrogens (tertiary/aromatic N) is 2. The number of hydrogen-bond donors (Lipinski definition) is 0. The minimum absolute atomic E-state index is 0.124. The number of carbonyl (C=O) groups is 2. The molecule has 2 heterocycles. The van der Waals surface area contributed by atoms with Crippen molar-refractivity contribution in [1.29, 1.82) is 0 Å². The number of benzene rings is 2. The molecule has 7 heteroatoms. The van der Waals surface area contributed by atoms with Crippen LogP contribution in [0, 0.1) is 0 Å². The smallest absolute Gasteiger partial charge is 0.416 e. The van der Waals surface area contributed by atoms with E-state index in [0.717, 1.165) is 35.4 Å². The lowest BCUT2D eigenvalue weighted by atomic mass is 9.89. The largest absolute Gasteiger partial charge is 0.494 e. The van der Waals surface area contributed by atoms with Crippen LogP contribution in [0.4, 0.5) is 4.79 Å². The summed E-state index contributed by atoms with van der Waals surface area (Å²) in [6, 6.07) is 17.3. The van der Waals surface area contributed by atoms with Crippen LogP contribution in [0.15, 0.2) is 59.8 Å². The third-order valence-corrected chi connectivity index (χ3v) is 6.01. The molecule has 0 bridgehead atoms. The molecule has 174 valence electrons. The Hall–Kier alpha value is -3.35. The van der Waals surface area contributed by atoms with Crippen LogP contribution in [0.2, 0.25) is 0 Å². The normalized spacial score (nSPS) is 18.5. The van der Waals surface area contributed by atoms with Crippen molar-refractivity contribution in [2.75, 3.05) is 19.8 Å². The Morgan fingerprint density at radius 2 is 1.97 bits per heavy atom. The Balaban J connectivity index is 1.49. The first kappa shape index (κ1) is 22.8. The predicted molar refractivity (Wildman–Crippen MR) is 124 cm³/mol. The second-order valence-electron chi connectivity index (χ2n) is 8.38. The van der Waals surface area contributed by atoms with Gasteiger partial charge in [-0.1, -0.05) is 61.0 Å². The Labute approximate surface area is 194 Å². The van der Waals surface area contributed by atoms with Crippen LogP contribution in [0.3, 0.4) is 0 Å². The molecule has 0 aliphatic carbocycles. The first-order valence-electron chi connectivity index (χ1n) is 11.6. The number of hydrogen-bond acceptors (Lipinski definition) is 6. The van der Waals surface area contributed by atoms with Crippen LogP contribution in [-0.4, -0.2) is 48.5 Å². The summed E-state index contributed by atoms with van der Waals surface area (Å²) in [6.45, 7) is 3.51.